The maximum Gasteiger partial charge on any atom is 0.252 e. The number of nitrogens with zero attached hydrogens (tertiary/aromatic N) is 2. The van der Waals surface area contributed by atoms with Crippen molar-refractivity contribution in [2.45, 2.75) is 0 Å². The Balaban J connectivity index is 1.14. The Morgan fingerprint density at radius 3 is 1.86 bits per heavy atom. The van der Waals surface area contributed by atoms with Gasteiger partial charge in [0.2, 0.25) is 0 Å². The number of furan rings is 2. The van der Waals surface area contributed by atoms with Crippen LogP contribution in [0.4, 0.5) is 34.1 Å². The number of para-hydroxylation sites is 4. The lowest BCUT2D eigenvalue weighted by Gasteiger charge is -2.43. The summed E-state index contributed by atoms with van der Waals surface area (Å²) in [6.07, 6.45) is 0. The van der Waals surface area contributed by atoms with Crippen molar-refractivity contribution in [3.8, 4) is 0 Å². The van der Waals surface area contributed by atoms with Gasteiger partial charge in [0.25, 0.3) is 6.71 Å². The summed E-state index contributed by atoms with van der Waals surface area (Å²) in [7, 11) is 0. The van der Waals surface area contributed by atoms with Gasteiger partial charge >= 0.3 is 0 Å². The minimum absolute atomic E-state index is 0.0633. The Bertz CT molecular complexity index is 3080. The van der Waals surface area contributed by atoms with Crippen LogP contribution in [0.25, 0.3) is 54.6 Å². The van der Waals surface area contributed by atoms with Gasteiger partial charge < -0.3 is 18.6 Å². The molecule has 4 nitrogen and oxygen atoms in total. The molecule has 0 fully saturated rings. The second kappa shape index (κ2) is 9.93. The zero-order valence-electron chi connectivity index (χ0n) is 27.4. The second-order valence-corrected chi connectivity index (χ2v) is 13.6. The molecule has 0 unspecified atom stereocenters. The molecule has 12 rings (SSSR count). The number of hydrogen-bond donors (Lipinski definition) is 0. The van der Waals surface area contributed by atoms with E-state index in [1.54, 1.807) is 0 Å². The minimum Gasteiger partial charge on any atom is -0.456 e. The molecule has 0 spiro atoms. The van der Waals surface area contributed by atoms with Gasteiger partial charge in [-0.15, -0.1) is 0 Å². The lowest BCUT2D eigenvalue weighted by molar-refractivity contribution is 0.669. The summed E-state index contributed by atoms with van der Waals surface area (Å²) in [4.78, 5) is 4.86. The summed E-state index contributed by atoms with van der Waals surface area (Å²) < 4.78 is 13.1. The van der Waals surface area contributed by atoms with Crippen LogP contribution in [0.2, 0.25) is 0 Å². The molecule has 5 heteroatoms. The predicted octanol–water partition coefficient (Wildman–Crippen LogP) is 10.7. The fourth-order valence-electron chi connectivity index (χ4n) is 8.96. The first kappa shape index (κ1) is 27.1. The van der Waals surface area contributed by atoms with Crippen LogP contribution in [-0.2, 0) is 0 Å². The molecule has 2 aliphatic rings. The van der Waals surface area contributed by atoms with Crippen molar-refractivity contribution in [1.82, 2.24) is 0 Å². The molecule has 0 bridgehead atoms. The van der Waals surface area contributed by atoms with Crippen LogP contribution in [0.1, 0.15) is 0 Å². The average Bonchev–Trinajstić information content (AvgIpc) is 3.76. The molecule has 10 aromatic rings. The predicted molar refractivity (Wildman–Crippen MR) is 213 cm³/mol. The molecule has 51 heavy (non-hydrogen) atoms. The van der Waals surface area contributed by atoms with Crippen molar-refractivity contribution in [3.05, 3.63) is 164 Å². The molecule has 4 heterocycles. The third-order valence-corrected chi connectivity index (χ3v) is 11.0. The van der Waals surface area contributed by atoms with Crippen LogP contribution in [0, 0.1) is 0 Å². The maximum atomic E-state index is 6.65. The second-order valence-electron chi connectivity index (χ2n) is 13.6. The fraction of sp³-hybridized carbons (Fsp3) is 0. The third-order valence-electron chi connectivity index (χ3n) is 11.0. The van der Waals surface area contributed by atoms with E-state index in [0.29, 0.717) is 0 Å². The highest BCUT2D eigenvalue weighted by Gasteiger charge is 2.43. The molecular formula is C46H27BN2O2. The molecule has 0 amide bonds. The number of fused-ring (bicyclic) bond motifs is 12. The SMILES string of the molecule is c1ccc2c(c1)B1c3ccccc3N(c3cccc4c3oc3ccccc34)c3cccc(c31)N2c1ccc2oc3ccc4ccccc4c3c2c1. The normalized spacial score (nSPS) is 13.4. The van der Waals surface area contributed by atoms with E-state index in [9.17, 15) is 0 Å². The Labute approximate surface area is 293 Å². The van der Waals surface area contributed by atoms with Crippen molar-refractivity contribution in [1.29, 1.82) is 0 Å². The van der Waals surface area contributed by atoms with E-state index in [1.807, 2.05) is 6.07 Å². The molecule has 0 N–H and O–H groups in total. The summed E-state index contributed by atoms with van der Waals surface area (Å²) in [6.45, 7) is 0.0633. The van der Waals surface area contributed by atoms with Crippen LogP contribution in [-0.4, -0.2) is 6.71 Å². The Morgan fingerprint density at radius 1 is 0.392 bits per heavy atom. The molecule has 2 aromatic heterocycles. The zero-order valence-corrected chi connectivity index (χ0v) is 27.4. The summed E-state index contributed by atoms with van der Waals surface area (Å²) in [5.41, 5.74) is 14.2. The summed E-state index contributed by atoms with van der Waals surface area (Å²) in [5, 5.41) is 6.93. The van der Waals surface area contributed by atoms with Crippen LogP contribution >= 0.6 is 0 Å². The molecule has 0 saturated heterocycles. The topological polar surface area (TPSA) is 32.8 Å². The van der Waals surface area contributed by atoms with E-state index in [1.165, 1.54) is 44.2 Å². The van der Waals surface area contributed by atoms with Crippen LogP contribution in [0.15, 0.2) is 173 Å². The van der Waals surface area contributed by atoms with Gasteiger partial charge in [0, 0.05) is 50.0 Å². The van der Waals surface area contributed by atoms with Crippen molar-refractivity contribution in [2.24, 2.45) is 0 Å². The zero-order chi connectivity index (χ0) is 33.2. The van der Waals surface area contributed by atoms with Crippen molar-refractivity contribution < 1.29 is 8.83 Å². The first-order valence-electron chi connectivity index (χ1n) is 17.5. The summed E-state index contributed by atoms with van der Waals surface area (Å²) in [6, 6.07) is 58.8. The van der Waals surface area contributed by atoms with E-state index < -0.39 is 0 Å². The van der Waals surface area contributed by atoms with Crippen molar-refractivity contribution in [2.75, 3.05) is 9.80 Å². The first-order valence-corrected chi connectivity index (χ1v) is 17.5. The minimum atomic E-state index is 0.0633. The average molecular weight is 651 g/mol. The van der Waals surface area contributed by atoms with Gasteiger partial charge in [-0.1, -0.05) is 103 Å². The van der Waals surface area contributed by atoms with Crippen molar-refractivity contribution >= 4 is 112 Å². The van der Waals surface area contributed by atoms with E-state index in [0.717, 1.165) is 60.9 Å². The fourth-order valence-corrected chi connectivity index (χ4v) is 8.96. The molecule has 0 aliphatic carbocycles. The molecule has 0 radical (unpaired) electrons. The summed E-state index contributed by atoms with van der Waals surface area (Å²) in [5.74, 6) is 0. The highest BCUT2D eigenvalue weighted by atomic mass is 16.3. The van der Waals surface area contributed by atoms with Gasteiger partial charge in [-0.3, -0.25) is 0 Å². The molecular weight excluding hydrogens is 623 g/mol. The molecule has 8 aromatic carbocycles. The lowest BCUT2D eigenvalue weighted by atomic mass is 9.33. The molecule has 0 atom stereocenters. The van der Waals surface area contributed by atoms with Gasteiger partial charge in [0.15, 0.2) is 5.58 Å². The lowest BCUT2D eigenvalue weighted by Crippen LogP contribution is -2.61. The van der Waals surface area contributed by atoms with Gasteiger partial charge in [-0.05, 0) is 87.8 Å². The van der Waals surface area contributed by atoms with Crippen molar-refractivity contribution in [3.63, 3.8) is 0 Å². The van der Waals surface area contributed by atoms with Gasteiger partial charge in [-0.25, -0.2) is 0 Å². The third kappa shape index (κ3) is 3.59. The van der Waals surface area contributed by atoms with Crippen LogP contribution < -0.4 is 26.2 Å². The van der Waals surface area contributed by atoms with Crippen LogP contribution in [0.5, 0.6) is 0 Å². The largest absolute Gasteiger partial charge is 0.456 e. The van der Waals surface area contributed by atoms with Gasteiger partial charge in [0.05, 0.1) is 5.69 Å². The maximum absolute atomic E-state index is 6.65. The standard InChI is InChI=1S/C46H27BN2O2/c1-2-12-30-28(11-1)23-25-43-44(30)33-27-29(24-26-42(33)50-43)48-36-17-6-4-15-34(36)47-35-16-5-7-18-37(35)49(39-20-10-19-38(48)45(39)47)40-21-9-14-32-31-13-3-8-22-41(31)51-46(32)40/h1-27H. The number of rotatable bonds is 2. The molecule has 0 saturated carbocycles. The monoisotopic (exact) mass is 650 g/mol. The number of anilines is 6. The van der Waals surface area contributed by atoms with E-state index in [2.05, 4.69) is 168 Å². The Kier molecular flexibility index (Phi) is 5.29. The Hall–Kier alpha value is -6.72. The number of benzene rings is 8. The van der Waals surface area contributed by atoms with Crippen LogP contribution in [0.3, 0.4) is 0 Å². The quantitative estimate of drug-likeness (QED) is 0.174. The van der Waals surface area contributed by atoms with E-state index in [4.69, 9.17) is 8.83 Å². The molecule has 2 aliphatic heterocycles. The first-order chi connectivity index (χ1) is 25.3. The summed E-state index contributed by atoms with van der Waals surface area (Å²) >= 11 is 0. The Morgan fingerprint density at radius 2 is 1.00 bits per heavy atom. The van der Waals surface area contributed by atoms with E-state index in [-0.39, 0.29) is 6.71 Å². The van der Waals surface area contributed by atoms with Gasteiger partial charge in [0.1, 0.15) is 16.7 Å². The number of hydrogen-bond acceptors (Lipinski definition) is 4. The highest BCUT2D eigenvalue weighted by molar-refractivity contribution is 7.00. The highest BCUT2D eigenvalue weighted by Crippen LogP contribution is 2.47. The smallest absolute Gasteiger partial charge is 0.252 e. The molecule has 236 valence electrons. The van der Waals surface area contributed by atoms with E-state index >= 15 is 0 Å². The van der Waals surface area contributed by atoms with Gasteiger partial charge in [-0.2, -0.15) is 0 Å².